The van der Waals surface area contributed by atoms with Crippen molar-refractivity contribution in [3.63, 3.8) is 0 Å². The number of hydrogen-bond acceptors (Lipinski definition) is 6. The Balaban J connectivity index is 1.44. The molecule has 1 aliphatic heterocycles. The predicted molar refractivity (Wildman–Crippen MR) is 112 cm³/mol. The molecule has 0 spiro atoms. The second-order valence-corrected chi connectivity index (χ2v) is 7.32. The lowest BCUT2D eigenvalue weighted by molar-refractivity contribution is 0.248. The van der Waals surface area contributed by atoms with Crippen LogP contribution in [0.25, 0.3) is 11.2 Å². The molecule has 0 aliphatic carbocycles. The summed E-state index contributed by atoms with van der Waals surface area (Å²) < 4.78 is 9.88. The van der Waals surface area contributed by atoms with Gasteiger partial charge in [-0.1, -0.05) is 12.1 Å². The molecule has 4 rings (SSSR count). The van der Waals surface area contributed by atoms with E-state index in [4.69, 9.17) is 4.74 Å². The maximum Gasteiger partial charge on any atom is 0.332 e. The van der Waals surface area contributed by atoms with Gasteiger partial charge in [-0.2, -0.15) is 0 Å². The Labute approximate surface area is 168 Å². The summed E-state index contributed by atoms with van der Waals surface area (Å²) in [4.78, 5) is 33.6. The van der Waals surface area contributed by atoms with Gasteiger partial charge in [0.1, 0.15) is 5.75 Å². The molecule has 1 aromatic carbocycles. The third-order valence-electron chi connectivity index (χ3n) is 5.67. The second-order valence-electron chi connectivity index (χ2n) is 7.32. The molecule has 1 fully saturated rings. The summed E-state index contributed by atoms with van der Waals surface area (Å²) in [6, 6.07) is 8.09. The summed E-state index contributed by atoms with van der Waals surface area (Å²) in [5.74, 6) is 0.896. The minimum atomic E-state index is -0.361. The lowest BCUT2D eigenvalue weighted by atomic mass is 10.2. The summed E-state index contributed by atoms with van der Waals surface area (Å²) in [7, 11) is 4.83. The highest BCUT2D eigenvalue weighted by molar-refractivity contribution is 5.69. The van der Waals surface area contributed by atoms with E-state index in [0.717, 1.165) is 48.7 Å². The molecule has 3 aromatic rings. The molecule has 9 heteroatoms. The molecule has 9 nitrogen and oxygen atoms in total. The van der Waals surface area contributed by atoms with Crippen molar-refractivity contribution in [2.75, 3.05) is 44.7 Å². The molecule has 1 saturated heterocycles. The van der Waals surface area contributed by atoms with Crippen LogP contribution in [0.3, 0.4) is 0 Å². The van der Waals surface area contributed by atoms with E-state index in [2.05, 4.69) is 20.9 Å². The first-order valence-corrected chi connectivity index (χ1v) is 9.72. The van der Waals surface area contributed by atoms with E-state index in [1.807, 2.05) is 22.8 Å². The summed E-state index contributed by atoms with van der Waals surface area (Å²) in [6.45, 7) is 5.17. The first-order chi connectivity index (χ1) is 14.0. The van der Waals surface area contributed by atoms with Gasteiger partial charge in [0.05, 0.1) is 19.1 Å². The predicted octanol–water partition coefficient (Wildman–Crippen LogP) is 0.265. The van der Waals surface area contributed by atoms with Crippen molar-refractivity contribution in [3.8, 4) is 5.75 Å². The number of hydrogen-bond donors (Lipinski definition) is 0. The van der Waals surface area contributed by atoms with E-state index in [1.165, 1.54) is 11.6 Å². The van der Waals surface area contributed by atoms with Crippen molar-refractivity contribution in [2.24, 2.45) is 14.1 Å². The largest absolute Gasteiger partial charge is 0.495 e. The van der Waals surface area contributed by atoms with E-state index in [9.17, 15) is 9.59 Å². The van der Waals surface area contributed by atoms with Crippen molar-refractivity contribution in [2.45, 2.75) is 6.54 Å². The maximum atomic E-state index is 12.6. The van der Waals surface area contributed by atoms with Crippen molar-refractivity contribution in [1.82, 2.24) is 23.6 Å². The lowest BCUT2D eigenvalue weighted by Crippen LogP contribution is -2.47. The molecule has 154 valence electrons. The molecule has 0 radical (unpaired) electrons. The third kappa shape index (κ3) is 3.42. The molecule has 0 atom stereocenters. The number of aromatic nitrogens is 4. The van der Waals surface area contributed by atoms with E-state index in [-0.39, 0.29) is 11.2 Å². The fourth-order valence-electron chi connectivity index (χ4n) is 3.92. The van der Waals surface area contributed by atoms with E-state index in [0.29, 0.717) is 17.7 Å². The van der Waals surface area contributed by atoms with Crippen LogP contribution in [-0.4, -0.2) is 63.4 Å². The fraction of sp³-hybridized carbons (Fsp3) is 0.450. The Bertz CT molecular complexity index is 1140. The number of benzene rings is 1. The zero-order valence-corrected chi connectivity index (χ0v) is 17.0. The smallest absolute Gasteiger partial charge is 0.332 e. The fourth-order valence-corrected chi connectivity index (χ4v) is 3.92. The number of aryl methyl sites for hydroxylation is 1. The van der Waals surface area contributed by atoms with Crippen molar-refractivity contribution in [3.05, 3.63) is 51.4 Å². The molecular weight excluding hydrogens is 372 g/mol. The molecule has 2 aromatic heterocycles. The zero-order chi connectivity index (χ0) is 20.5. The van der Waals surface area contributed by atoms with Gasteiger partial charge < -0.3 is 14.2 Å². The van der Waals surface area contributed by atoms with E-state index < -0.39 is 0 Å². The van der Waals surface area contributed by atoms with Gasteiger partial charge in [-0.15, -0.1) is 0 Å². The van der Waals surface area contributed by atoms with Gasteiger partial charge in [0, 0.05) is 53.4 Å². The number of fused-ring (bicyclic) bond motifs is 1. The molecule has 0 N–H and O–H groups in total. The van der Waals surface area contributed by atoms with Crippen LogP contribution in [0.5, 0.6) is 5.75 Å². The number of anilines is 1. The number of nitrogens with zero attached hydrogens (tertiary/aromatic N) is 6. The summed E-state index contributed by atoms with van der Waals surface area (Å²) in [6.07, 6.45) is 1.65. The van der Waals surface area contributed by atoms with Gasteiger partial charge in [-0.25, -0.2) is 9.78 Å². The van der Waals surface area contributed by atoms with Crippen molar-refractivity contribution < 1.29 is 4.74 Å². The average molecular weight is 398 g/mol. The molecule has 0 saturated carbocycles. The van der Waals surface area contributed by atoms with Crippen LogP contribution in [0.4, 0.5) is 5.69 Å². The van der Waals surface area contributed by atoms with Crippen LogP contribution in [0, 0.1) is 0 Å². The number of rotatable bonds is 5. The molecule has 3 heterocycles. The Hall–Kier alpha value is -3.07. The monoisotopic (exact) mass is 398 g/mol. The molecule has 0 amide bonds. The van der Waals surface area contributed by atoms with Crippen LogP contribution in [-0.2, 0) is 20.6 Å². The van der Waals surface area contributed by atoms with Crippen molar-refractivity contribution in [1.29, 1.82) is 0 Å². The average Bonchev–Trinajstić information content (AvgIpc) is 3.19. The zero-order valence-electron chi connectivity index (χ0n) is 17.0. The number of piperazine rings is 1. The van der Waals surface area contributed by atoms with Crippen LogP contribution in [0.2, 0.25) is 0 Å². The normalized spacial score (nSPS) is 15.2. The molecule has 0 bridgehead atoms. The number of methoxy groups -OCH3 is 1. The quantitative estimate of drug-likeness (QED) is 0.614. The van der Waals surface area contributed by atoms with Gasteiger partial charge in [0.15, 0.2) is 11.2 Å². The van der Waals surface area contributed by atoms with Gasteiger partial charge in [-0.3, -0.25) is 18.8 Å². The van der Waals surface area contributed by atoms with Crippen molar-refractivity contribution >= 4 is 16.9 Å². The summed E-state index contributed by atoms with van der Waals surface area (Å²) in [5.41, 5.74) is 1.36. The van der Waals surface area contributed by atoms with Crippen LogP contribution >= 0.6 is 0 Å². The minimum Gasteiger partial charge on any atom is -0.495 e. The Morgan fingerprint density at radius 2 is 1.72 bits per heavy atom. The minimum absolute atomic E-state index is 0.304. The molecular formula is C20H26N6O3. The lowest BCUT2D eigenvalue weighted by Gasteiger charge is -2.36. The number of ether oxygens (including phenoxy) is 1. The first kappa shape index (κ1) is 19.3. The highest BCUT2D eigenvalue weighted by atomic mass is 16.5. The van der Waals surface area contributed by atoms with Crippen LogP contribution < -0.4 is 20.9 Å². The third-order valence-corrected chi connectivity index (χ3v) is 5.67. The van der Waals surface area contributed by atoms with E-state index in [1.54, 1.807) is 20.5 Å². The van der Waals surface area contributed by atoms with Crippen LogP contribution in [0.15, 0.2) is 40.2 Å². The number of imidazole rings is 1. The van der Waals surface area contributed by atoms with Gasteiger partial charge >= 0.3 is 5.69 Å². The van der Waals surface area contributed by atoms with E-state index >= 15 is 0 Å². The molecule has 0 unspecified atom stereocenters. The summed E-state index contributed by atoms with van der Waals surface area (Å²) >= 11 is 0. The van der Waals surface area contributed by atoms with Gasteiger partial charge in [-0.05, 0) is 12.1 Å². The maximum absolute atomic E-state index is 12.6. The SMILES string of the molecule is COc1ccccc1N1CCN(CCn2cnc3c2c(=O)n(C)c(=O)n3C)CC1. The first-order valence-electron chi connectivity index (χ1n) is 9.72. The second kappa shape index (κ2) is 7.75. The highest BCUT2D eigenvalue weighted by Crippen LogP contribution is 2.28. The van der Waals surface area contributed by atoms with Crippen LogP contribution in [0.1, 0.15) is 0 Å². The Morgan fingerprint density at radius 3 is 2.45 bits per heavy atom. The Kier molecular flexibility index (Phi) is 5.14. The number of para-hydroxylation sites is 2. The molecule has 1 aliphatic rings. The van der Waals surface area contributed by atoms with Gasteiger partial charge in [0.25, 0.3) is 5.56 Å². The summed E-state index contributed by atoms with van der Waals surface area (Å²) in [5, 5.41) is 0. The topological polar surface area (TPSA) is 77.5 Å². The molecule has 29 heavy (non-hydrogen) atoms. The van der Waals surface area contributed by atoms with Gasteiger partial charge in [0.2, 0.25) is 0 Å². The standard InChI is InChI=1S/C20H26N6O3/c1-22-18-17(19(27)23(2)20(22)28)26(14-21-18)13-10-24-8-11-25(12-9-24)15-6-4-5-7-16(15)29-3/h4-7,14H,8-13H2,1-3H3. The highest BCUT2D eigenvalue weighted by Gasteiger charge is 2.20. The Morgan fingerprint density at radius 1 is 1.00 bits per heavy atom.